The smallest absolute Gasteiger partial charge is 0.307 e. The highest BCUT2D eigenvalue weighted by atomic mass is 16.4. The van der Waals surface area contributed by atoms with E-state index in [1.807, 2.05) is 31.2 Å². The molecule has 0 spiro atoms. The summed E-state index contributed by atoms with van der Waals surface area (Å²) < 4.78 is 0. The number of rotatable bonds is 3. The number of hydrogen-bond donors (Lipinski definition) is 1. The van der Waals surface area contributed by atoms with Gasteiger partial charge < -0.3 is 14.9 Å². The predicted molar refractivity (Wildman–Crippen MR) is 82.9 cm³/mol. The summed E-state index contributed by atoms with van der Waals surface area (Å²) in [5.41, 5.74) is 1.76. The average molecular weight is 316 g/mol. The summed E-state index contributed by atoms with van der Waals surface area (Å²) in [5, 5.41) is 8.91. The van der Waals surface area contributed by atoms with Crippen LogP contribution < -0.4 is 0 Å². The minimum Gasteiger partial charge on any atom is -0.481 e. The van der Waals surface area contributed by atoms with Gasteiger partial charge in [0.15, 0.2) is 0 Å². The monoisotopic (exact) mass is 316 g/mol. The Bertz CT molecular complexity index is 632. The van der Waals surface area contributed by atoms with Gasteiger partial charge in [-0.1, -0.05) is 17.7 Å². The Labute approximate surface area is 134 Å². The summed E-state index contributed by atoms with van der Waals surface area (Å²) in [5.74, 6) is -1.88. The second-order valence-corrected chi connectivity index (χ2v) is 6.27. The number of aryl methyl sites for hydroxylation is 1. The molecule has 1 heterocycles. The van der Waals surface area contributed by atoms with Crippen LogP contribution in [0.2, 0.25) is 0 Å². The van der Waals surface area contributed by atoms with E-state index in [9.17, 15) is 14.4 Å². The minimum atomic E-state index is -0.892. The molecular formula is C17H20N2O4. The van der Waals surface area contributed by atoms with Crippen LogP contribution in [0.15, 0.2) is 24.3 Å². The Kier molecular flexibility index (Phi) is 4.07. The first kappa shape index (κ1) is 15.5. The highest BCUT2D eigenvalue weighted by Gasteiger charge is 2.50. The lowest BCUT2D eigenvalue weighted by Crippen LogP contribution is -2.51. The van der Waals surface area contributed by atoms with Crippen LogP contribution in [0.25, 0.3) is 0 Å². The van der Waals surface area contributed by atoms with Crippen LogP contribution in [0, 0.1) is 18.8 Å². The van der Waals surface area contributed by atoms with E-state index >= 15 is 0 Å². The third kappa shape index (κ3) is 3.21. The molecule has 1 aromatic carbocycles. The fourth-order valence-corrected chi connectivity index (χ4v) is 2.98. The van der Waals surface area contributed by atoms with Crippen molar-refractivity contribution in [1.82, 2.24) is 9.80 Å². The molecule has 1 N–H and O–H groups in total. The third-order valence-corrected chi connectivity index (χ3v) is 4.60. The van der Waals surface area contributed by atoms with E-state index in [0.29, 0.717) is 38.2 Å². The van der Waals surface area contributed by atoms with Gasteiger partial charge in [-0.25, -0.2) is 0 Å². The topological polar surface area (TPSA) is 77.9 Å². The van der Waals surface area contributed by atoms with Crippen molar-refractivity contribution in [3.8, 4) is 0 Å². The highest BCUT2D eigenvalue weighted by Crippen LogP contribution is 2.40. The first-order valence-electron chi connectivity index (χ1n) is 7.85. The molecular weight excluding hydrogens is 296 g/mol. The number of benzene rings is 1. The molecule has 2 atom stereocenters. The van der Waals surface area contributed by atoms with Crippen molar-refractivity contribution in [3.63, 3.8) is 0 Å². The van der Waals surface area contributed by atoms with Gasteiger partial charge in [0.2, 0.25) is 5.91 Å². The van der Waals surface area contributed by atoms with Crippen LogP contribution in [0.5, 0.6) is 0 Å². The third-order valence-electron chi connectivity index (χ3n) is 4.60. The van der Waals surface area contributed by atoms with Crippen molar-refractivity contribution >= 4 is 17.8 Å². The van der Waals surface area contributed by atoms with Crippen LogP contribution in [0.1, 0.15) is 22.3 Å². The first-order chi connectivity index (χ1) is 11.0. The van der Waals surface area contributed by atoms with E-state index in [1.54, 1.807) is 9.80 Å². The summed E-state index contributed by atoms with van der Waals surface area (Å²) in [6.07, 6.45) is 0.441. The van der Waals surface area contributed by atoms with E-state index in [2.05, 4.69) is 0 Å². The number of aliphatic carboxylic acids is 1. The van der Waals surface area contributed by atoms with Crippen LogP contribution in [-0.2, 0) is 9.59 Å². The largest absolute Gasteiger partial charge is 0.481 e. The Morgan fingerprint density at radius 2 is 1.52 bits per heavy atom. The lowest BCUT2D eigenvalue weighted by molar-refractivity contribution is -0.142. The molecule has 1 saturated heterocycles. The van der Waals surface area contributed by atoms with Gasteiger partial charge in [-0.05, 0) is 25.5 Å². The molecule has 2 amide bonds. The number of nitrogens with zero attached hydrogens (tertiary/aromatic N) is 2. The van der Waals surface area contributed by atoms with Crippen LogP contribution in [-0.4, -0.2) is 58.9 Å². The maximum Gasteiger partial charge on any atom is 0.307 e. The zero-order valence-electron chi connectivity index (χ0n) is 13.1. The second kappa shape index (κ2) is 6.02. The maximum absolute atomic E-state index is 12.4. The van der Waals surface area contributed by atoms with E-state index in [-0.39, 0.29) is 17.7 Å². The van der Waals surface area contributed by atoms with Crippen molar-refractivity contribution in [3.05, 3.63) is 35.4 Å². The molecule has 0 radical (unpaired) electrons. The van der Waals surface area contributed by atoms with E-state index in [1.165, 1.54) is 0 Å². The first-order valence-corrected chi connectivity index (χ1v) is 7.85. The molecule has 2 unspecified atom stereocenters. The minimum absolute atomic E-state index is 0.0214. The Balaban J connectivity index is 1.54. The normalized spacial score (nSPS) is 23.5. The Morgan fingerprint density at radius 1 is 0.957 bits per heavy atom. The molecule has 1 saturated carbocycles. The summed E-state index contributed by atoms with van der Waals surface area (Å²) in [6.45, 7) is 3.89. The van der Waals surface area contributed by atoms with Crippen LogP contribution >= 0.6 is 0 Å². The highest BCUT2D eigenvalue weighted by molar-refractivity contribution is 5.94. The summed E-state index contributed by atoms with van der Waals surface area (Å²) in [4.78, 5) is 38.9. The number of hydrogen-bond acceptors (Lipinski definition) is 3. The molecule has 6 nitrogen and oxygen atoms in total. The van der Waals surface area contributed by atoms with Gasteiger partial charge >= 0.3 is 5.97 Å². The SMILES string of the molecule is Cc1ccc(C(=O)N2CCN(C(=O)C3CC3C(=O)O)CC2)cc1. The summed E-state index contributed by atoms with van der Waals surface area (Å²) in [6, 6.07) is 7.45. The zero-order valence-corrected chi connectivity index (χ0v) is 13.1. The molecule has 1 aliphatic heterocycles. The van der Waals surface area contributed by atoms with Crippen molar-refractivity contribution in [2.45, 2.75) is 13.3 Å². The average Bonchev–Trinajstić information content (AvgIpc) is 3.35. The second-order valence-electron chi connectivity index (χ2n) is 6.27. The van der Waals surface area contributed by atoms with Gasteiger partial charge in [0, 0.05) is 31.7 Å². The van der Waals surface area contributed by atoms with Crippen molar-refractivity contribution in [2.24, 2.45) is 11.8 Å². The lowest BCUT2D eigenvalue weighted by atomic mass is 10.1. The van der Waals surface area contributed by atoms with Gasteiger partial charge in [-0.2, -0.15) is 0 Å². The molecule has 2 aliphatic rings. The van der Waals surface area contributed by atoms with Crippen molar-refractivity contribution in [2.75, 3.05) is 26.2 Å². The van der Waals surface area contributed by atoms with Gasteiger partial charge in [0.05, 0.1) is 11.8 Å². The maximum atomic E-state index is 12.4. The molecule has 0 bridgehead atoms. The van der Waals surface area contributed by atoms with Crippen molar-refractivity contribution in [1.29, 1.82) is 0 Å². The van der Waals surface area contributed by atoms with Gasteiger partial charge in [0.25, 0.3) is 5.91 Å². The molecule has 122 valence electrons. The zero-order chi connectivity index (χ0) is 16.6. The van der Waals surface area contributed by atoms with Crippen LogP contribution in [0.3, 0.4) is 0 Å². The van der Waals surface area contributed by atoms with E-state index in [4.69, 9.17) is 5.11 Å². The fourth-order valence-electron chi connectivity index (χ4n) is 2.98. The fraction of sp³-hybridized carbons (Fsp3) is 0.471. The summed E-state index contributed by atoms with van der Waals surface area (Å²) >= 11 is 0. The molecule has 23 heavy (non-hydrogen) atoms. The number of piperazine rings is 1. The standard InChI is InChI=1S/C17H20N2O4/c1-11-2-4-12(5-3-11)15(20)18-6-8-19(9-7-18)16(21)13-10-14(13)17(22)23/h2-5,13-14H,6-10H2,1H3,(H,22,23). The quantitative estimate of drug-likeness (QED) is 0.902. The number of carboxylic acid groups (broad SMARTS) is 1. The van der Waals surface area contributed by atoms with E-state index in [0.717, 1.165) is 5.56 Å². The Hall–Kier alpha value is -2.37. The van der Waals surface area contributed by atoms with Gasteiger partial charge in [-0.15, -0.1) is 0 Å². The molecule has 3 rings (SSSR count). The number of carbonyl (C=O) groups is 3. The Morgan fingerprint density at radius 3 is 2.04 bits per heavy atom. The predicted octanol–water partition coefficient (Wildman–Crippen LogP) is 1.00. The molecule has 1 aliphatic carbocycles. The number of carbonyl (C=O) groups excluding carboxylic acids is 2. The number of amides is 2. The lowest BCUT2D eigenvalue weighted by Gasteiger charge is -2.35. The van der Waals surface area contributed by atoms with Crippen LogP contribution in [0.4, 0.5) is 0 Å². The number of carboxylic acids is 1. The van der Waals surface area contributed by atoms with Gasteiger partial charge in [-0.3, -0.25) is 14.4 Å². The van der Waals surface area contributed by atoms with E-state index < -0.39 is 11.9 Å². The van der Waals surface area contributed by atoms with Crippen molar-refractivity contribution < 1.29 is 19.5 Å². The molecule has 1 aromatic rings. The molecule has 0 aromatic heterocycles. The van der Waals surface area contributed by atoms with Gasteiger partial charge in [0.1, 0.15) is 0 Å². The summed E-state index contributed by atoms with van der Waals surface area (Å²) in [7, 11) is 0. The molecule has 2 fully saturated rings. The molecule has 6 heteroatoms.